The summed E-state index contributed by atoms with van der Waals surface area (Å²) in [5.41, 5.74) is 2.33. The molecule has 11 heteroatoms. The van der Waals surface area contributed by atoms with Gasteiger partial charge >= 0.3 is 0 Å². The van der Waals surface area contributed by atoms with Gasteiger partial charge in [0.05, 0.1) is 10.6 Å². The molecule has 1 N–H and O–H groups in total. The molecule has 1 atom stereocenters. The molecule has 0 unspecified atom stereocenters. The molecule has 3 aromatic rings. The van der Waals surface area contributed by atoms with Crippen molar-refractivity contribution in [2.24, 2.45) is 5.92 Å². The Balaban J connectivity index is 2.10. The second-order valence-electron chi connectivity index (χ2n) is 10.6. The summed E-state index contributed by atoms with van der Waals surface area (Å²) in [6.45, 7) is 9.17. The van der Waals surface area contributed by atoms with Crippen LogP contribution in [0.2, 0.25) is 15.1 Å². The number of carbonyl (C=O) groups is 2. The Kier molecular flexibility index (Phi) is 11.7. The number of rotatable bonds is 12. The van der Waals surface area contributed by atoms with Gasteiger partial charge in [0.1, 0.15) is 12.6 Å². The maximum atomic E-state index is 14.2. The molecule has 0 fully saturated rings. The average molecular weight is 653 g/mol. The van der Waals surface area contributed by atoms with Gasteiger partial charge in [-0.2, -0.15) is 0 Å². The van der Waals surface area contributed by atoms with E-state index in [1.165, 1.54) is 17.0 Å². The van der Waals surface area contributed by atoms with E-state index in [0.717, 1.165) is 9.87 Å². The second kappa shape index (κ2) is 14.6. The summed E-state index contributed by atoms with van der Waals surface area (Å²) in [7, 11) is -4.20. The van der Waals surface area contributed by atoms with Crippen molar-refractivity contribution in [1.29, 1.82) is 0 Å². The number of hydrogen-bond donors (Lipinski definition) is 1. The number of aryl methyl sites for hydroxylation is 2. The lowest BCUT2D eigenvalue weighted by molar-refractivity contribution is -0.140. The van der Waals surface area contributed by atoms with E-state index < -0.39 is 28.5 Å². The highest BCUT2D eigenvalue weighted by molar-refractivity contribution is 7.92. The second-order valence-corrected chi connectivity index (χ2v) is 13.7. The largest absolute Gasteiger partial charge is 0.354 e. The fourth-order valence-electron chi connectivity index (χ4n) is 4.42. The molecule has 0 radical (unpaired) electrons. The summed E-state index contributed by atoms with van der Waals surface area (Å²) in [5, 5.41) is 4.10. The maximum Gasteiger partial charge on any atom is 0.264 e. The molecule has 0 heterocycles. The molecule has 0 saturated heterocycles. The van der Waals surface area contributed by atoms with Gasteiger partial charge in [-0.1, -0.05) is 79.3 Å². The zero-order chi connectivity index (χ0) is 31.2. The lowest BCUT2D eigenvalue weighted by Crippen LogP contribution is -2.52. The molecule has 0 aliphatic heterocycles. The standard InChI is InChI=1S/C31H36Cl3N3O4S/c1-6-28(31(39)35-17-20(2)3)36(18-23-9-10-25(33)16-27(23)34)30(38)19-37(29-14-11-24(32)15-22(29)5)42(40,41)26-12-7-21(4)8-13-26/h7-16,20,28H,6,17-19H2,1-5H3,(H,35,39)/t28-/m0/s1. The molecule has 0 saturated carbocycles. The Hall–Kier alpha value is -2.78. The number of nitrogens with one attached hydrogen (secondary N) is 1. The van der Waals surface area contributed by atoms with Crippen LogP contribution in [0, 0.1) is 19.8 Å². The van der Waals surface area contributed by atoms with Crippen molar-refractivity contribution in [3.8, 4) is 0 Å². The Morgan fingerprint density at radius 3 is 2.10 bits per heavy atom. The summed E-state index contributed by atoms with van der Waals surface area (Å²) in [4.78, 5) is 29.0. The predicted molar refractivity (Wildman–Crippen MR) is 171 cm³/mol. The van der Waals surface area contributed by atoms with Crippen molar-refractivity contribution >= 4 is 62.3 Å². The van der Waals surface area contributed by atoms with Crippen LogP contribution in [0.25, 0.3) is 0 Å². The van der Waals surface area contributed by atoms with Crippen molar-refractivity contribution in [3.63, 3.8) is 0 Å². The third kappa shape index (κ3) is 8.40. The van der Waals surface area contributed by atoms with Crippen LogP contribution in [0.15, 0.2) is 65.6 Å². The molecular weight excluding hydrogens is 617 g/mol. The van der Waals surface area contributed by atoms with Gasteiger partial charge in [0, 0.05) is 28.2 Å². The van der Waals surface area contributed by atoms with Gasteiger partial charge in [0.25, 0.3) is 10.0 Å². The Labute approximate surface area is 263 Å². The molecule has 3 aromatic carbocycles. The van der Waals surface area contributed by atoms with Crippen molar-refractivity contribution in [2.45, 2.75) is 58.5 Å². The number of anilines is 1. The zero-order valence-electron chi connectivity index (χ0n) is 24.3. The van der Waals surface area contributed by atoms with Gasteiger partial charge in [-0.25, -0.2) is 8.42 Å². The van der Waals surface area contributed by atoms with Gasteiger partial charge in [-0.3, -0.25) is 13.9 Å². The number of hydrogen-bond acceptors (Lipinski definition) is 4. The molecule has 0 bridgehead atoms. The fraction of sp³-hybridized carbons (Fsp3) is 0.355. The summed E-state index contributed by atoms with van der Waals surface area (Å²) < 4.78 is 29.2. The SMILES string of the molecule is CC[C@@H](C(=O)NCC(C)C)N(Cc1ccc(Cl)cc1Cl)C(=O)CN(c1ccc(Cl)cc1C)S(=O)(=O)c1ccc(C)cc1. The summed E-state index contributed by atoms with van der Waals surface area (Å²) in [6, 6.07) is 15.2. The van der Waals surface area contributed by atoms with Crippen molar-refractivity contribution < 1.29 is 18.0 Å². The monoisotopic (exact) mass is 651 g/mol. The highest BCUT2D eigenvalue weighted by Crippen LogP contribution is 2.30. The zero-order valence-corrected chi connectivity index (χ0v) is 27.4. The minimum absolute atomic E-state index is 0.0273. The Bertz CT molecular complexity index is 1530. The van der Waals surface area contributed by atoms with Gasteiger partial charge < -0.3 is 10.2 Å². The number of carbonyl (C=O) groups excluding carboxylic acids is 2. The summed E-state index contributed by atoms with van der Waals surface area (Å²) >= 11 is 18.7. The highest BCUT2D eigenvalue weighted by Gasteiger charge is 2.34. The van der Waals surface area contributed by atoms with E-state index in [-0.39, 0.29) is 23.3 Å². The van der Waals surface area contributed by atoms with Gasteiger partial charge in [0.2, 0.25) is 11.8 Å². The van der Waals surface area contributed by atoms with E-state index in [4.69, 9.17) is 34.8 Å². The number of halogens is 3. The number of sulfonamides is 1. The van der Waals surface area contributed by atoms with Crippen LogP contribution in [0.4, 0.5) is 5.69 Å². The first kappa shape index (κ1) is 33.7. The lowest BCUT2D eigenvalue weighted by Gasteiger charge is -2.34. The number of amides is 2. The van der Waals surface area contributed by atoms with E-state index in [9.17, 15) is 18.0 Å². The van der Waals surface area contributed by atoms with Crippen LogP contribution < -0.4 is 9.62 Å². The Morgan fingerprint density at radius 2 is 1.52 bits per heavy atom. The van der Waals surface area contributed by atoms with Crippen LogP contribution in [0.1, 0.15) is 43.9 Å². The van der Waals surface area contributed by atoms with Crippen LogP contribution in [-0.4, -0.2) is 44.3 Å². The van der Waals surface area contributed by atoms with Crippen molar-refractivity contribution in [3.05, 3.63) is 92.4 Å². The molecule has 7 nitrogen and oxygen atoms in total. The van der Waals surface area contributed by atoms with E-state index in [0.29, 0.717) is 44.8 Å². The van der Waals surface area contributed by atoms with Crippen LogP contribution in [0.3, 0.4) is 0 Å². The third-order valence-corrected chi connectivity index (χ3v) is 9.34. The third-order valence-electron chi connectivity index (χ3n) is 6.74. The normalized spacial score (nSPS) is 12.2. The molecule has 0 aromatic heterocycles. The summed E-state index contributed by atoms with van der Waals surface area (Å²) in [6.07, 6.45) is 0.297. The minimum Gasteiger partial charge on any atom is -0.354 e. The molecular formula is C31H36Cl3N3O4S. The number of nitrogens with zero attached hydrogens (tertiary/aromatic N) is 2. The first-order valence-electron chi connectivity index (χ1n) is 13.6. The van der Waals surface area contributed by atoms with Crippen molar-refractivity contribution in [1.82, 2.24) is 10.2 Å². The first-order valence-corrected chi connectivity index (χ1v) is 16.2. The minimum atomic E-state index is -4.20. The van der Waals surface area contributed by atoms with Crippen LogP contribution in [0.5, 0.6) is 0 Å². The molecule has 3 rings (SSSR count). The molecule has 0 aliphatic carbocycles. The topological polar surface area (TPSA) is 86.8 Å². The number of benzene rings is 3. The fourth-order valence-corrected chi connectivity index (χ4v) is 6.60. The van der Waals surface area contributed by atoms with Gasteiger partial charge in [-0.15, -0.1) is 0 Å². The van der Waals surface area contributed by atoms with E-state index in [2.05, 4.69) is 5.32 Å². The van der Waals surface area contributed by atoms with Crippen LogP contribution in [-0.2, 0) is 26.2 Å². The molecule has 226 valence electrons. The van der Waals surface area contributed by atoms with Gasteiger partial charge in [-0.05, 0) is 79.8 Å². The average Bonchev–Trinajstić information content (AvgIpc) is 2.92. The lowest BCUT2D eigenvalue weighted by atomic mass is 10.1. The van der Waals surface area contributed by atoms with E-state index in [1.54, 1.807) is 62.4 Å². The molecule has 2 amide bonds. The molecule has 42 heavy (non-hydrogen) atoms. The predicted octanol–water partition coefficient (Wildman–Crippen LogP) is 7.04. The van der Waals surface area contributed by atoms with E-state index >= 15 is 0 Å². The molecule has 0 aliphatic rings. The maximum absolute atomic E-state index is 14.2. The smallest absolute Gasteiger partial charge is 0.264 e. The van der Waals surface area contributed by atoms with Crippen LogP contribution >= 0.6 is 34.8 Å². The quantitative estimate of drug-likeness (QED) is 0.227. The van der Waals surface area contributed by atoms with Crippen molar-refractivity contribution in [2.75, 3.05) is 17.4 Å². The highest BCUT2D eigenvalue weighted by atomic mass is 35.5. The first-order chi connectivity index (χ1) is 19.7. The Morgan fingerprint density at radius 1 is 0.905 bits per heavy atom. The van der Waals surface area contributed by atoms with E-state index in [1.807, 2.05) is 20.8 Å². The molecule has 0 spiro atoms. The summed E-state index contributed by atoms with van der Waals surface area (Å²) in [5.74, 6) is -0.706. The van der Waals surface area contributed by atoms with Gasteiger partial charge in [0.15, 0.2) is 0 Å².